The second kappa shape index (κ2) is 9.52. The highest BCUT2D eigenvalue weighted by Gasteiger charge is 2.08. The number of nitrogens with one attached hydrogen (secondary N) is 1. The molecule has 0 fully saturated rings. The first-order valence-corrected chi connectivity index (χ1v) is 8.48. The van der Waals surface area contributed by atoms with Gasteiger partial charge in [0.1, 0.15) is 6.61 Å². The minimum atomic E-state index is -0.364. The second-order valence-electron chi connectivity index (χ2n) is 5.61. The summed E-state index contributed by atoms with van der Waals surface area (Å²) in [5, 5.41) is 13.2. The highest BCUT2D eigenvalue weighted by Crippen LogP contribution is 2.29. The molecule has 0 heterocycles. The lowest BCUT2D eigenvalue weighted by atomic mass is 10.2. The van der Waals surface area contributed by atoms with Crippen LogP contribution in [0.3, 0.4) is 0 Å². The van der Waals surface area contributed by atoms with Gasteiger partial charge in [0.15, 0.2) is 11.5 Å². The van der Waals surface area contributed by atoms with E-state index in [0.717, 1.165) is 16.9 Å². The van der Waals surface area contributed by atoms with E-state index in [1.54, 1.807) is 6.92 Å². The van der Waals surface area contributed by atoms with Crippen molar-refractivity contribution in [2.24, 2.45) is 0 Å². The number of ether oxygens (including phenoxy) is 2. The molecule has 2 aromatic carbocycles. The van der Waals surface area contributed by atoms with Gasteiger partial charge in [-0.05, 0) is 49.2 Å². The standard InChI is InChI=1S/C19H24ClNO3/c1-3-23-19-10-15(12-21-11-14(2)22)7-8-18(19)24-13-16-5-4-6-17(20)9-16/h4-10,14,21-22H,3,11-13H2,1-2H3/t14-/m1/s1. The number of benzene rings is 2. The third kappa shape index (κ3) is 6.04. The Morgan fingerprint density at radius 3 is 2.62 bits per heavy atom. The number of rotatable bonds is 9. The summed E-state index contributed by atoms with van der Waals surface area (Å²) in [6, 6.07) is 13.5. The zero-order valence-corrected chi connectivity index (χ0v) is 14.8. The normalized spacial score (nSPS) is 12.0. The fraction of sp³-hybridized carbons (Fsp3) is 0.368. The summed E-state index contributed by atoms with van der Waals surface area (Å²) >= 11 is 5.99. The molecule has 0 aliphatic rings. The van der Waals surface area contributed by atoms with Crippen molar-refractivity contribution in [2.45, 2.75) is 33.1 Å². The molecular weight excluding hydrogens is 326 g/mol. The molecule has 0 saturated heterocycles. The van der Waals surface area contributed by atoms with Crippen LogP contribution in [0.2, 0.25) is 5.02 Å². The molecule has 130 valence electrons. The van der Waals surface area contributed by atoms with Gasteiger partial charge in [-0.25, -0.2) is 0 Å². The summed E-state index contributed by atoms with van der Waals surface area (Å²) in [5.41, 5.74) is 2.09. The quantitative estimate of drug-likeness (QED) is 0.723. The monoisotopic (exact) mass is 349 g/mol. The number of hydrogen-bond acceptors (Lipinski definition) is 4. The van der Waals surface area contributed by atoms with Crippen LogP contribution in [-0.4, -0.2) is 24.4 Å². The van der Waals surface area contributed by atoms with Crippen LogP contribution in [0.25, 0.3) is 0 Å². The lowest BCUT2D eigenvalue weighted by Crippen LogP contribution is -2.23. The van der Waals surface area contributed by atoms with E-state index < -0.39 is 0 Å². The number of hydrogen-bond donors (Lipinski definition) is 2. The first kappa shape index (κ1) is 18.6. The van der Waals surface area contributed by atoms with Gasteiger partial charge >= 0.3 is 0 Å². The maximum absolute atomic E-state index is 9.29. The van der Waals surface area contributed by atoms with Crippen molar-refractivity contribution in [1.82, 2.24) is 5.32 Å². The lowest BCUT2D eigenvalue weighted by Gasteiger charge is -2.14. The van der Waals surface area contributed by atoms with E-state index in [1.807, 2.05) is 49.4 Å². The van der Waals surface area contributed by atoms with Gasteiger partial charge in [-0.3, -0.25) is 0 Å². The van der Waals surface area contributed by atoms with Crippen LogP contribution in [0, 0.1) is 0 Å². The molecule has 0 aromatic heterocycles. The Balaban J connectivity index is 2.02. The third-order valence-corrected chi connectivity index (χ3v) is 3.60. The van der Waals surface area contributed by atoms with E-state index in [9.17, 15) is 5.11 Å². The van der Waals surface area contributed by atoms with Crippen LogP contribution in [0.4, 0.5) is 0 Å². The van der Waals surface area contributed by atoms with E-state index in [2.05, 4.69) is 5.32 Å². The molecule has 0 amide bonds. The maximum atomic E-state index is 9.29. The van der Waals surface area contributed by atoms with Gasteiger partial charge in [-0.1, -0.05) is 29.8 Å². The van der Waals surface area contributed by atoms with E-state index >= 15 is 0 Å². The van der Waals surface area contributed by atoms with Crippen molar-refractivity contribution < 1.29 is 14.6 Å². The molecule has 4 nitrogen and oxygen atoms in total. The topological polar surface area (TPSA) is 50.7 Å². The summed E-state index contributed by atoms with van der Waals surface area (Å²) in [6.45, 7) is 5.92. The average Bonchev–Trinajstić information content (AvgIpc) is 2.54. The van der Waals surface area contributed by atoms with Crippen LogP contribution in [-0.2, 0) is 13.2 Å². The number of halogens is 1. The molecule has 0 saturated carbocycles. The average molecular weight is 350 g/mol. The molecular formula is C19H24ClNO3. The lowest BCUT2D eigenvalue weighted by molar-refractivity contribution is 0.191. The zero-order valence-electron chi connectivity index (χ0n) is 14.1. The second-order valence-corrected chi connectivity index (χ2v) is 6.05. The number of aliphatic hydroxyl groups is 1. The molecule has 0 unspecified atom stereocenters. The van der Waals surface area contributed by atoms with E-state index in [-0.39, 0.29) is 6.10 Å². The SMILES string of the molecule is CCOc1cc(CNC[C@@H](C)O)ccc1OCc1cccc(Cl)c1. The third-order valence-electron chi connectivity index (χ3n) is 3.36. The van der Waals surface area contributed by atoms with E-state index in [1.165, 1.54) is 0 Å². The molecule has 0 bridgehead atoms. The molecule has 1 atom stereocenters. The van der Waals surface area contributed by atoms with Crippen molar-refractivity contribution in [1.29, 1.82) is 0 Å². The molecule has 0 radical (unpaired) electrons. The molecule has 0 spiro atoms. The molecule has 0 aliphatic heterocycles. The fourth-order valence-corrected chi connectivity index (χ4v) is 2.48. The highest BCUT2D eigenvalue weighted by molar-refractivity contribution is 6.30. The predicted molar refractivity (Wildman–Crippen MR) is 96.8 cm³/mol. The Morgan fingerprint density at radius 1 is 1.08 bits per heavy atom. The van der Waals surface area contributed by atoms with Gasteiger partial charge in [0.25, 0.3) is 0 Å². The molecule has 2 N–H and O–H groups in total. The molecule has 24 heavy (non-hydrogen) atoms. The maximum Gasteiger partial charge on any atom is 0.161 e. The molecule has 2 rings (SSSR count). The van der Waals surface area contributed by atoms with Crippen molar-refractivity contribution in [3.05, 3.63) is 58.6 Å². The number of aliphatic hydroxyl groups excluding tert-OH is 1. The Labute approximate surface area is 148 Å². The van der Waals surface area contributed by atoms with Crippen LogP contribution in [0.15, 0.2) is 42.5 Å². The molecule has 0 aliphatic carbocycles. The van der Waals surface area contributed by atoms with Gasteiger partial charge in [0.2, 0.25) is 0 Å². The van der Waals surface area contributed by atoms with Crippen LogP contribution >= 0.6 is 11.6 Å². The predicted octanol–water partition coefficient (Wildman–Crippen LogP) is 3.79. The van der Waals surface area contributed by atoms with Crippen LogP contribution in [0.5, 0.6) is 11.5 Å². The molecule has 2 aromatic rings. The van der Waals surface area contributed by atoms with Gasteiger partial charge < -0.3 is 19.9 Å². The van der Waals surface area contributed by atoms with Crippen molar-refractivity contribution in [3.63, 3.8) is 0 Å². The Morgan fingerprint density at radius 2 is 1.92 bits per heavy atom. The summed E-state index contributed by atoms with van der Waals surface area (Å²) in [6.07, 6.45) is -0.364. The Kier molecular flexibility index (Phi) is 7.37. The van der Waals surface area contributed by atoms with Crippen molar-refractivity contribution >= 4 is 11.6 Å². The van der Waals surface area contributed by atoms with Crippen LogP contribution in [0.1, 0.15) is 25.0 Å². The van der Waals surface area contributed by atoms with Crippen LogP contribution < -0.4 is 14.8 Å². The zero-order chi connectivity index (χ0) is 17.4. The summed E-state index contributed by atoms with van der Waals surface area (Å²) in [5.74, 6) is 1.42. The minimum Gasteiger partial charge on any atom is -0.490 e. The van der Waals surface area contributed by atoms with Gasteiger partial charge in [-0.15, -0.1) is 0 Å². The molecule has 5 heteroatoms. The summed E-state index contributed by atoms with van der Waals surface area (Å²) in [4.78, 5) is 0. The van der Waals surface area contributed by atoms with Crippen molar-refractivity contribution in [2.75, 3.05) is 13.2 Å². The summed E-state index contributed by atoms with van der Waals surface area (Å²) < 4.78 is 11.6. The van der Waals surface area contributed by atoms with Gasteiger partial charge in [0, 0.05) is 18.1 Å². The first-order valence-electron chi connectivity index (χ1n) is 8.10. The summed E-state index contributed by atoms with van der Waals surface area (Å²) in [7, 11) is 0. The van der Waals surface area contributed by atoms with E-state index in [0.29, 0.717) is 37.1 Å². The first-order chi connectivity index (χ1) is 11.6. The fourth-order valence-electron chi connectivity index (χ4n) is 2.26. The van der Waals surface area contributed by atoms with Gasteiger partial charge in [-0.2, -0.15) is 0 Å². The minimum absolute atomic E-state index is 0.364. The largest absolute Gasteiger partial charge is 0.490 e. The Hall–Kier alpha value is -1.75. The van der Waals surface area contributed by atoms with Gasteiger partial charge in [0.05, 0.1) is 12.7 Å². The highest BCUT2D eigenvalue weighted by atomic mass is 35.5. The van der Waals surface area contributed by atoms with E-state index in [4.69, 9.17) is 21.1 Å². The Bertz CT molecular complexity index is 646. The smallest absolute Gasteiger partial charge is 0.161 e. The van der Waals surface area contributed by atoms with Crippen molar-refractivity contribution in [3.8, 4) is 11.5 Å².